The first-order valence-corrected chi connectivity index (χ1v) is 8.09. The lowest BCUT2D eigenvalue weighted by atomic mass is 10.0. The first-order chi connectivity index (χ1) is 9.28. The molecule has 1 N–H and O–H groups in total. The monoisotopic (exact) mass is 305 g/mol. The zero-order chi connectivity index (χ0) is 14.8. The average molecular weight is 305 g/mol. The van der Waals surface area contributed by atoms with Gasteiger partial charge >= 0.3 is 6.61 Å². The Morgan fingerprint density at radius 1 is 1.35 bits per heavy atom. The highest BCUT2D eigenvalue weighted by atomic mass is 32.2. The minimum atomic E-state index is -2.94. The Morgan fingerprint density at radius 2 is 2.00 bits per heavy atom. The maximum atomic E-state index is 12.0. The number of alkyl halides is 2. The summed E-state index contributed by atoms with van der Waals surface area (Å²) in [4.78, 5) is 0. The summed E-state index contributed by atoms with van der Waals surface area (Å²) in [6.07, 6.45) is 0.585. The van der Waals surface area contributed by atoms with Crippen LogP contribution in [0.5, 0.6) is 5.75 Å². The number of hydrogen-bond donors (Lipinski definition) is 1. The molecule has 0 radical (unpaired) electrons. The first kappa shape index (κ1) is 15.2. The molecule has 1 aromatic rings. The molecule has 20 heavy (non-hydrogen) atoms. The lowest BCUT2D eigenvalue weighted by molar-refractivity contribution is -0.0498. The fourth-order valence-electron chi connectivity index (χ4n) is 2.25. The Kier molecular flexibility index (Phi) is 4.29. The fourth-order valence-corrected chi connectivity index (χ4v) is 4.38. The number of benzene rings is 1. The predicted octanol–water partition coefficient (Wildman–Crippen LogP) is 1.95. The van der Waals surface area contributed by atoms with Crippen LogP contribution in [0.2, 0.25) is 0 Å². The van der Waals surface area contributed by atoms with E-state index in [0.717, 1.165) is 5.56 Å². The van der Waals surface area contributed by atoms with E-state index in [9.17, 15) is 17.2 Å². The van der Waals surface area contributed by atoms with E-state index in [2.05, 4.69) is 10.1 Å². The Morgan fingerprint density at radius 3 is 2.50 bits per heavy atom. The lowest BCUT2D eigenvalue weighted by Gasteiger charge is -2.24. The molecule has 0 bridgehead atoms. The molecule has 0 spiro atoms. The minimum absolute atomic E-state index is 0.110. The van der Waals surface area contributed by atoms with Gasteiger partial charge < -0.3 is 10.1 Å². The minimum Gasteiger partial charge on any atom is -0.435 e. The van der Waals surface area contributed by atoms with Crippen molar-refractivity contribution < 1.29 is 21.9 Å². The van der Waals surface area contributed by atoms with Crippen molar-refractivity contribution in [3.8, 4) is 5.75 Å². The molecule has 1 heterocycles. The van der Waals surface area contributed by atoms with Crippen LogP contribution in [-0.4, -0.2) is 32.1 Å². The van der Waals surface area contributed by atoms with Crippen molar-refractivity contribution in [2.45, 2.75) is 32.0 Å². The lowest BCUT2D eigenvalue weighted by Crippen LogP contribution is -2.42. The van der Waals surface area contributed by atoms with Crippen LogP contribution in [0.15, 0.2) is 24.3 Å². The molecule has 0 saturated carbocycles. The molecule has 1 atom stereocenters. The second kappa shape index (κ2) is 5.65. The molecule has 1 fully saturated rings. The average Bonchev–Trinajstić information content (AvgIpc) is 2.63. The maximum Gasteiger partial charge on any atom is 0.387 e. The van der Waals surface area contributed by atoms with Gasteiger partial charge in [0.1, 0.15) is 5.75 Å². The van der Waals surface area contributed by atoms with Gasteiger partial charge in [-0.2, -0.15) is 8.78 Å². The van der Waals surface area contributed by atoms with E-state index in [1.165, 1.54) is 12.1 Å². The van der Waals surface area contributed by atoms with Crippen LogP contribution in [0.1, 0.15) is 18.9 Å². The van der Waals surface area contributed by atoms with Gasteiger partial charge in [0.15, 0.2) is 9.84 Å². The molecule has 0 amide bonds. The van der Waals surface area contributed by atoms with Gasteiger partial charge in [-0.25, -0.2) is 8.42 Å². The second-order valence-corrected chi connectivity index (χ2v) is 7.46. The van der Waals surface area contributed by atoms with Crippen molar-refractivity contribution >= 4 is 9.84 Å². The molecule has 1 aromatic carbocycles. The first-order valence-electron chi connectivity index (χ1n) is 6.27. The van der Waals surface area contributed by atoms with Gasteiger partial charge in [-0.05, 0) is 31.0 Å². The van der Waals surface area contributed by atoms with Gasteiger partial charge in [-0.15, -0.1) is 0 Å². The zero-order valence-electron chi connectivity index (χ0n) is 11.1. The number of sulfone groups is 1. The Labute approximate surface area is 117 Å². The van der Waals surface area contributed by atoms with Crippen LogP contribution in [0.3, 0.4) is 0 Å². The van der Waals surface area contributed by atoms with E-state index < -0.39 is 22.0 Å². The van der Waals surface area contributed by atoms with Gasteiger partial charge in [0.25, 0.3) is 0 Å². The van der Waals surface area contributed by atoms with E-state index in [1.54, 1.807) is 12.1 Å². The van der Waals surface area contributed by atoms with E-state index in [1.807, 2.05) is 6.92 Å². The van der Waals surface area contributed by atoms with Crippen LogP contribution >= 0.6 is 0 Å². The van der Waals surface area contributed by atoms with E-state index in [4.69, 9.17) is 0 Å². The predicted molar refractivity (Wildman–Crippen MR) is 71.6 cm³/mol. The molecule has 112 valence electrons. The summed E-state index contributed by atoms with van der Waals surface area (Å²) in [6, 6.07) is 6.29. The smallest absolute Gasteiger partial charge is 0.387 e. The van der Waals surface area contributed by atoms with E-state index >= 15 is 0 Å². The quantitative estimate of drug-likeness (QED) is 0.903. The van der Waals surface area contributed by atoms with Crippen LogP contribution in [0.25, 0.3) is 0 Å². The highest BCUT2D eigenvalue weighted by Crippen LogP contribution is 2.23. The molecule has 4 nitrogen and oxygen atoms in total. The van der Waals surface area contributed by atoms with Crippen molar-refractivity contribution in [2.24, 2.45) is 0 Å². The maximum absolute atomic E-state index is 12.0. The third-order valence-electron chi connectivity index (χ3n) is 3.37. The molecule has 0 aliphatic carbocycles. The van der Waals surface area contributed by atoms with Gasteiger partial charge in [0.2, 0.25) is 0 Å². The molecule has 1 unspecified atom stereocenters. The van der Waals surface area contributed by atoms with Crippen LogP contribution in [0.4, 0.5) is 8.78 Å². The standard InChI is InChI=1S/C13H17F2NO3S/c1-13(6-7-20(17,18)9-13)16-8-10-2-4-11(5-3-10)19-12(14)15/h2-5,12,16H,6-9H2,1H3. The molecule has 7 heteroatoms. The van der Waals surface area contributed by atoms with Crippen LogP contribution in [-0.2, 0) is 16.4 Å². The fraction of sp³-hybridized carbons (Fsp3) is 0.538. The van der Waals surface area contributed by atoms with Gasteiger partial charge in [-0.1, -0.05) is 12.1 Å². The van der Waals surface area contributed by atoms with Gasteiger partial charge in [0.05, 0.1) is 11.5 Å². The van der Waals surface area contributed by atoms with Gasteiger partial charge in [0, 0.05) is 12.1 Å². The van der Waals surface area contributed by atoms with Crippen molar-refractivity contribution in [3.05, 3.63) is 29.8 Å². The number of nitrogens with one attached hydrogen (secondary N) is 1. The topological polar surface area (TPSA) is 55.4 Å². The highest BCUT2D eigenvalue weighted by molar-refractivity contribution is 7.91. The normalized spacial score (nSPS) is 25.0. The molecule has 1 aliphatic heterocycles. The SMILES string of the molecule is CC1(NCc2ccc(OC(F)F)cc2)CCS(=O)(=O)C1. The summed E-state index contributed by atoms with van der Waals surface area (Å²) in [5, 5.41) is 3.22. The van der Waals surface area contributed by atoms with Crippen molar-refractivity contribution in [1.82, 2.24) is 5.32 Å². The Hall–Kier alpha value is -1.21. The molecular formula is C13H17F2NO3S. The van der Waals surface area contributed by atoms with E-state index in [-0.39, 0.29) is 17.3 Å². The van der Waals surface area contributed by atoms with Crippen molar-refractivity contribution in [1.29, 1.82) is 0 Å². The summed E-state index contributed by atoms with van der Waals surface area (Å²) in [6.45, 7) is -0.464. The summed E-state index contributed by atoms with van der Waals surface area (Å²) in [7, 11) is -2.94. The second-order valence-electron chi connectivity index (χ2n) is 5.28. The molecule has 1 aliphatic rings. The van der Waals surface area contributed by atoms with Crippen LogP contribution in [0, 0.1) is 0 Å². The summed E-state index contributed by atoms with van der Waals surface area (Å²) < 4.78 is 51.2. The molecular weight excluding hydrogens is 288 g/mol. The van der Waals surface area contributed by atoms with Gasteiger partial charge in [-0.3, -0.25) is 0 Å². The van der Waals surface area contributed by atoms with Crippen molar-refractivity contribution in [3.63, 3.8) is 0 Å². The van der Waals surface area contributed by atoms with Crippen LogP contribution < -0.4 is 10.1 Å². The number of halogens is 2. The number of rotatable bonds is 5. The summed E-state index contributed by atoms with van der Waals surface area (Å²) in [5.41, 5.74) is 0.467. The van der Waals surface area contributed by atoms with Crippen molar-refractivity contribution in [2.75, 3.05) is 11.5 Å². The molecule has 2 rings (SSSR count). The molecule has 1 saturated heterocycles. The largest absolute Gasteiger partial charge is 0.435 e. The number of hydrogen-bond acceptors (Lipinski definition) is 4. The third kappa shape index (κ3) is 4.14. The number of ether oxygens (including phenoxy) is 1. The highest BCUT2D eigenvalue weighted by Gasteiger charge is 2.37. The Balaban J connectivity index is 1.91. The summed E-state index contributed by atoms with van der Waals surface area (Å²) >= 11 is 0. The summed E-state index contributed by atoms with van der Waals surface area (Å²) in [5.74, 6) is 0.447. The zero-order valence-corrected chi connectivity index (χ0v) is 11.9. The third-order valence-corrected chi connectivity index (χ3v) is 5.27. The Bertz CT molecular complexity index is 559. The molecule has 0 aromatic heterocycles. The van der Waals surface area contributed by atoms with E-state index in [0.29, 0.717) is 13.0 Å².